The number of carbonyl (C=O) groups is 4. The molecule has 264 valence electrons. The summed E-state index contributed by atoms with van der Waals surface area (Å²) in [5, 5.41) is 23.8. The molecule has 0 bridgehead atoms. The van der Waals surface area contributed by atoms with E-state index < -0.39 is 74.7 Å². The van der Waals surface area contributed by atoms with Crippen molar-refractivity contribution in [2.24, 2.45) is 17.8 Å². The number of benzene rings is 1. The monoisotopic (exact) mass is 698 g/mol. The topological polar surface area (TPSA) is 206 Å². The van der Waals surface area contributed by atoms with Crippen LogP contribution in [-0.2, 0) is 24.4 Å². The summed E-state index contributed by atoms with van der Waals surface area (Å²) in [7, 11) is -2.43. The van der Waals surface area contributed by atoms with Crippen molar-refractivity contribution in [2.45, 2.75) is 87.8 Å². The molecule has 0 unspecified atom stereocenters. The maximum absolute atomic E-state index is 14.3. The van der Waals surface area contributed by atoms with Gasteiger partial charge in [0.1, 0.15) is 23.7 Å². The van der Waals surface area contributed by atoms with Crippen LogP contribution in [0.3, 0.4) is 0 Å². The minimum atomic E-state index is -3.90. The lowest BCUT2D eigenvalue weighted by Crippen LogP contribution is -2.59. The molecule has 4 N–H and O–H groups in total. The highest BCUT2D eigenvalue weighted by Crippen LogP contribution is 2.46. The summed E-state index contributed by atoms with van der Waals surface area (Å²) in [5.74, 6) is -2.38. The van der Waals surface area contributed by atoms with E-state index in [-0.39, 0.29) is 31.2 Å². The van der Waals surface area contributed by atoms with Gasteiger partial charge in [0.25, 0.3) is 5.91 Å². The Morgan fingerprint density at radius 2 is 1.76 bits per heavy atom. The number of ether oxygens (including phenoxy) is 2. The number of sulfonamides is 1. The van der Waals surface area contributed by atoms with Crippen LogP contribution in [0.4, 0.5) is 4.79 Å². The van der Waals surface area contributed by atoms with Crippen molar-refractivity contribution in [1.29, 1.82) is 0 Å². The van der Waals surface area contributed by atoms with Crippen LogP contribution in [0, 0.1) is 17.8 Å². The highest BCUT2D eigenvalue weighted by molar-refractivity contribution is 7.91. The van der Waals surface area contributed by atoms with Crippen LogP contribution in [0.1, 0.15) is 58.8 Å². The third-order valence-corrected chi connectivity index (χ3v) is 11.8. The Balaban J connectivity index is 1.34. The highest BCUT2D eigenvalue weighted by atomic mass is 32.2. The van der Waals surface area contributed by atoms with Gasteiger partial charge in [0.15, 0.2) is 0 Å². The zero-order valence-electron chi connectivity index (χ0n) is 27.6. The lowest BCUT2D eigenvalue weighted by molar-refractivity contribution is -0.142. The molecule has 4 amide bonds. The van der Waals surface area contributed by atoms with Crippen molar-refractivity contribution in [1.82, 2.24) is 30.5 Å². The van der Waals surface area contributed by atoms with Gasteiger partial charge in [0.05, 0.1) is 29.7 Å². The normalized spacial score (nSPS) is 31.3. The Kier molecular flexibility index (Phi) is 9.44. The van der Waals surface area contributed by atoms with Gasteiger partial charge in [-0.3, -0.25) is 19.1 Å². The average Bonchev–Trinajstić information content (AvgIpc) is 3.98. The molecule has 1 saturated heterocycles. The van der Waals surface area contributed by atoms with Gasteiger partial charge in [-0.25, -0.2) is 13.2 Å². The first-order chi connectivity index (χ1) is 23.3. The van der Waals surface area contributed by atoms with Gasteiger partial charge in [-0.05, 0) is 62.5 Å². The largest absolute Gasteiger partial charge is 0.479 e. The maximum Gasteiger partial charge on any atom is 0.405 e. The number of nitrogens with zero attached hydrogens (tertiary/aromatic N) is 3. The first-order valence-corrected chi connectivity index (χ1v) is 18.2. The lowest BCUT2D eigenvalue weighted by Gasteiger charge is -2.32. The zero-order valence-corrected chi connectivity index (χ0v) is 28.4. The van der Waals surface area contributed by atoms with E-state index >= 15 is 0 Å². The molecule has 1 aromatic heterocycles. The molecule has 1 aromatic carbocycles. The van der Waals surface area contributed by atoms with Crippen LogP contribution in [0.2, 0.25) is 0 Å². The molecular weight excluding hydrogens is 656 g/mol. The van der Waals surface area contributed by atoms with Crippen molar-refractivity contribution in [3.63, 3.8) is 0 Å². The number of carboxylic acid groups (broad SMARTS) is 1. The van der Waals surface area contributed by atoms with E-state index in [9.17, 15) is 32.7 Å². The zero-order chi connectivity index (χ0) is 35.1. The Hall–Kier alpha value is -4.47. The van der Waals surface area contributed by atoms with Crippen molar-refractivity contribution < 1.29 is 42.2 Å². The predicted octanol–water partition coefficient (Wildman–Crippen LogP) is 2.12. The van der Waals surface area contributed by atoms with Crippen molar-refractivity contribution in [3.8, 4) is 11.8 Å². The number of fused-ring (bicyclic) bond motifs is 3. The van der Waals surface area contributed by atoms with E-state index in [2.05, 4.69) is 25.6 Å². The van der Waals surface area contributed by atoms with Crippen LogP contribution in [0.15, 0.2) is 36.4 Å². The first kappa shape index (κ1) is 34.4. The molecule has 2 aromatic rings. The minimum absolute atomic E-state index is 0.0111. The summed E-state index contributed by atoms with van der Waals surface area (Å²) in [6.45, 7) is 3.74. The molecule has 16 heteroatoms. The number of nitrogens with one attached hydrogen (secondary N) is 3. The Morgan fingerprint density at radius 1 is 1.06 bits per heavy atom. The summed E-state index contributed by atoms with van der Waals surface area (Å²) in [4.78, 5) is 55.3. The number of hydrogen-bond acceptors (Lipinski definition) is 10. The smallest absolute Gasteiger partial charge is 0.405 e. The van der Waals surface area contributed by atoms with Crippen molar-refractivity contribution in [3.05, 3.63) is 36.4 Å². The number of rotatable bonds is 7. The molecule has 4 aliphatic rings. The molecule has 2 saturated carbocycles. The summed E-state index contributed by atoms with van der Waals surface area (Å²) in [6.07, 6.45) is 4.64. The van der Waals surface area contributed by atoms with E-state index in [4.69, 9.17) is 9.47 Å². The molecule has 0 radical (unpaired) electrons. The van der Waals surface area contributed by atoms with E-state index in [0.29, 0.717) is 42.3 Å². The molecule has 2 aliphatic carbocycles. The molecule has 2 aliphatic heterocycles. The fourth-order valence-corrected chi connectivity index (χ4v) is 8.45. The van der Waals surface area contributed by atoms with E-state index in [1.807, 2.05) is 25.1 Å². The van der Waals surface area contributed by atoms with E-state index in [0.717, 1.165) is 6.42 Å². The number of methoxy groups -OCH3 is 1. The van der Waals surface area contributed by atoms with Gasteiger partial charge >= 0.3 is 6.09 Å². The number of aromatic nitrogens is 2. The van der Waals surface area contributed by atoms with Crippen molar-refractivity contribution >= 4 is 44.6 Å². The van der Waals surface area contributed by atoms with Crippen LogP contribution in [-0.4, -0.2) is 95.1 Å². The number of carbonyl (C=O) groups excluding carboxylic acids is 3. The predicted molar refractivity (Wildman–Crippen MR) is 176 cm³/mol. The lowest BCUT2D eigenvalue weighted by atomic mass is 9.88. The SMILES string of the molecule is COc1nnc(O[C@@H]2C[C@H]3C(=O)N[C@]4(C(=O)NS(=O)(=O)C5CC5)C[C@H]4/C=C\CC[C@H](C)C[C@@H](C)[C@H](NC(=O)O)C(=O)N3C2)c2ccccc12. The third kappa shape index (κ3) is 7.14. The maximum atomic E-state index is 14.3. The van der Waals surface area contributed by atoms with E-state index in [1.54, 1.807) is 25.1 Å². The van der Waals surface area contributed by atoms with Crippen LogP contribution in [0.25, 0.3) is 10.8 Å². The number of hydrogen-bond donors (Lipinski definition) is 4. The van der Waals surface area contributed by atoms with Gasteiger partial charge in [-0.1, -0.05) is 38.1 Å². The van der Waals surface area contributed by atoms with Crippen molar-refractivity contribution in [2.75, 3.05) is 13.7 Å². The molecular formula is C33H42N6O9S. The van der Waals surface area contributed by atoms with Gasteiger partial charge in [0, 0.05) is 12.3 Å². The standard InChI is InChI=1S/C33H42N6O9S/c1-18-8-4-5-9-20-16-33(20,31(42)38-49(45,46)22-12-13-22)35-27(40)25-15-21(17-39(25)30(41)26(19(2)14-18)34-32(43)44)48-29-24-11-7-6-10-23(24)28(47-3)36-37-29/h5-7,9-11,18-22,25-26,34H,4,8,12-17H2,1-3H3,(H,35,40)(H,38,42)(H,43,44)/b9-5-/t18-,19+,20+,21+,25-,26-,33+/m0/s1. The Labute approximate surface area is 284 Å². The van der Waals surface area contributed by atoms with Gasteiger partial charge < -0.3 is 30.1 Å². The van der Waals surface area contributed by atoms with Gasteiger partial charge in [0.2, 0.25) is 33.6 Å². The summed E-state index contributed by atoms with van der Waals surface area (Å²) in [5.41, 5.74) is -1.53. The Morgan fingerprint density at radius 3 is 2.43 bits per heavy atom. The molecule has 0 spiro atoms. The number of allylic oxidation sites excluding steroid dienone is 1. The summed E-state index contributed by atoms with van der Waals surface area (Å²) in [6, 6.07) is 4.85. The molecule has 49 heavy (non-hydrogen) atoms. The Bertz CT molecular complexity index is 1780. The first-order valence-electron chi connectivity index (χ1n) is 16.6. The molecule has 6 rings (SSSR count). The molecule has 3 fully saturated rings. The summed E-state index contributed by atoms with van der Waals surface area (Å²) < 4.78 is 39.3. The fraction of sp³-hybridized carbons (Fsp3) is 0.576. The highest BCUT2D eigenvalue weighted by Gasteiger charge is 2.62. The van der Waals surface area contributed by atoms with Crippen LogP contribution in [0.5, 0.6) is 11.8 Å². The van der Waals surface area contributed by atoms with Crippen LogP contribution >= 0.6 is 0 Å². The molecule has 3 heterocycles. The second-order valence-corrected chi connectivity index (χ2v) is 15.7. The average molecular weight is 699 g/mol. The van der Waals surface area contributed by atoms with Gasteiger partial charge in [-0.2, -0.15) is 0 Å². The minimum Gasteiger partial charge on any atom is -0.479 e. The fourth-order valence-electron chi connectivity index (χ4n) is 7.08. The number of amides is 4. The van der Waals surface area contributed by atoms with Gasteiger partial charge in [-0.15, -0.1) is 10.2 Å². The molecule has 7 atom stereocenters. The van der Waals surface area contributed by atoms with E-state index in [1.165, 1.54) is 12.0 Å². The summed E-state index contributed by atoms with van der Waals surface area (Å²) >= 11 is 0. The molecule has 15 nitrogen and oxygen atoms in total. The quantitative estimate of drug-likeness (QED) is 0.308. The second-order valence-electron chi connectivity index (χ2n) is 13.7. The van der Waals surface area contributed by atoms with Crippen LogP contribution < -0.4 is 24.8 Å². The second kappa shape index (κ2) is 13.4. The third-order valence-electron chi connectivity index (χ3n) is 9.99.